The molecule has 1 aromatic heterocycles. The van der Waals surface area contributed by atoms with Gasteiger partial charge in [0.05, 0.1) is 18.2 Å². The number of pyridine rings is 1. The van der Waals surface area contributed by atoms with Crippen molar-refractivity contribution in [3.05, 3.63) is 29.6 Å². The molecule has 0 aliphatic carbocycles. The van der Waals surface area contributed by atoms with Crippen LogP contribution in [-0.2, 0) is 0 Å². The Hall–Kier alpha value is -1.60. The summed E-state index contributed by atoms with van der Waals surface area (Å²) in [6.45, 7) is 5.40. The van der Waals surface area contributed by atoms with Crippen LogP contribution in [0.2, 0.25) is 0 Å². The molecule has 3 rings (SSSR count). The molecule has 2 fully saturated rings. The first kappa shape index (κ1) is 17.2. The molecule has 132 valence electrons. The highest BCUT2D eigenvalue weighted by Gasteiger charge is 2.47. The van der Waals surface area contributed by atoms with Crippen LogP contribution in [0, 0.1) is 6.92 Å². The third kappa shape index (κ3) is 3.89. The Labute approximate surface area is 141 Å². The fourth-order valence-electron chi connectivity index (χ4n) is 3.39. The van der Waals surface area contributed by atoms with Crippen molar-refractivity contribution in [3.8, 4) is 0 Å². The summed E-state index contributed by atoms with van der Waals surface area (Å²) in [7, 11) is 2.06. The third-order valence-electron chi connectivity index (χ3n) is 4.86. The van der Waals surface area contributed by atoms with E-state index in [1.54, 1.807) is 12.1 Å². The van der Waals surface area contributed by atoms with E-state index in [2.05, 4.69) is 21.8 Å². The summed E-state index contributed by atoms with van der Waals surface area (Å²) in [5.41, 5.74) is 1.17. The van der Waals surface area contributed by atoms with Gasteiger partial charge < -0.3 is 9.80 Å². The van der Waals surface area contributed by atoms with Gasteiger partial charge in [0.15, 0.2) is 0 Å². The van der Waals surface area contributed by atoms with Gasteiger partial charge in [0.1, 0.15) is 0 Å². The number of nitrogens with zero attached hydrogens (tertiary/aromatic N) is 4. The van der Waals surface area contributed by atoms with E-state index in [-0.39, 0.29) is 12.3 Å². The van der Waals surface area contributed by atoms with Crippen molar-refractivity contribution >= 4 is 5.91 Å². The average Bonchev–Trinajstić information content (AvgIpc) is 2.84. The standard InChI is InChI=1S/C17H24F2N4O/c1-13-3-4-14(10-20-13)16(24)23-12-17(18,19)9-15(23)11-22-7-5-21(2)6-8-22/h3-4,10,15H,5-9,11-12H2,1-2H3/t15-/m0/s1. The predicted octanol–water partition coefficient (Wildman–Crippen LogP) is 1.49. The molecule has 24 heavy (non-hydrogen) atoms. The van der Waals surface area contributed by atoms with Gasteiger partial charge in [0.25, 0.3) is 11.8 Å². The highest BCUT2D eigenvalue weighted by Crippen LogP contribution is 2.33. The Bertz CT molecular complexity index is 585. The SMILES string of the molecule is Cc1ccc(C(=O)N2CC(F)(F)C[C@H]2CN2CCN(C)CC2)cn1. The lowest BCUT2D eigenvalue weighted by atomic mass is 10.1. The van der Waals surface area contributed by atoms with E-state index in [4.69, 9.17) is 0 Å². The van der Waals surface area contributed by atoms with Crippen molar-refractivity contribution in [2.45, 2.75) is 25.3 Å². The van der Waals surface area contributed by atoms with E-state index >= 15 is 0 Å². The van der Waals surface area contributed by atoms with Gasteiger partial charge in [-0.2, -0.15) is 0 Å². The second-order valence-electron chi connectivity index (χ2n) is 6.94. The first-order chi connectivity index (χ1) is 11.3. The summed E-state index contributed by atoms with van der Waals surface area (Å²) < 4.78 is 27.9. The molecule has 0 bridgehead atoms. The van der Waals surface area contributed by atoms with Crippen molar-refractivity contribution in [2.75, 3.05) is 46.3 Å². The van der Waals surface area contributed by atoms with Crippen LogP contribution in [0.4, 0.5) is 8.78 Å². The summed E-state index contributed by atoms with van der Waals surface area (Å²) in [6.07, 6.45) is 1.21. The van der Waals surface area contributed by atoms with Crippen LogP contribution in [0.15, 0.2) is 18.3 Å². The van der Waals surface area contributed by atoms with Gasteiger partial charge in [0.2, 0.25) is 0 Å². The monoisotopic (exact) mass is 338 g/mol. The number of rotatable bonds is 3. The van der Waals surface area contributed by atoms with E-state index in [0.29, 0.717) is 12.1 Å². The van der Waals surface area contributed by atoms with E-state index < -0.39 is 18.5 Å². The molecule has 1 amide bonds. The number of halogens is 2. The molecular weight excluding hydrogens is 314 g/mol. The maximum atomic E-state index is 14.0. The largest absolute Gasteiger partial charge is 0.328 e. The minimum absolute atomic E-state index is 0.260. The number of piperazine rings is 1. The lowest BCUT2D eigenvalue weighted by molar-refractivity contribution is 0.0116. The first-order valence-electron chi connectivity index (χ1n) is 8.36. The zero-order valence-corrected chi connectivity index (χ0v) is 14.2. The van der Waals surface area contributed by atoms with Crippen LogP contribution in [-0.4, -0.2) is 83.9 Å². The van der Waals surface area contributed by atoms with Crippen molar-refractivity contribution in [3.63, 3.8) is 0 Å². The summed E-state index contributed by atoms with van der Waals surface area (Å²) >= 11 is 0. The number of amides is 1. The smallest absolute Gasteiger partial charge is 0.267 e. The Morgan fingerprint density at radius 1 is 1.29 bits per heavy atom. The molecular formula is C17H24F2N4O. The average molecular weight is 338 g/mol. The first-order valence-corrected chi connectivity index (χ1v) is 8.36. The molecule has 2 saturated heterocycles. The molecule has 1 atom stereocenters. The minimum atomic E-state index is -2.81. The van der Waals surface area contributed by atoms with Crippen LogP contribution >= 0.6 is 0 Å². The number of likely N-dealkylation sites (tertiary alicyclic amines) is 1. The highest BCUT2D eigenvalue weighted by atomic mass is 19.3. The molecule has 7 heteroatoms. The fourth-order valence-corrected chi connectivity index (χ4v) is 3.39. The molecule has 5 nitrogen and oxygen atoms in total. The zero-order chi connectivity index (χ0) is 17.3. The molecule has 0 aromatic carbocycles. The van der Waals surface area contributed by atoms with Gasteiger partial charge in [-0.05, 0) is 26.1 Å². The molecule has 0 N–H and O–H groups in total. The van der Waals surface area contributed by atoms with Crippen LogP contribution < -0.4 is 0 Å². The maximum Gasteiger partial charge on any atom is 0.267 e. The van der Waals surface area contributed by atoms with Gasteiger partial charge in [-0.1, -0.05) is 0 Å². The van der Waals surface area contributed by atoms with Crippen LogP contribution in [0.5, 0.6) is 0 Å². The molecule has 2 aliphatic rings. The Balaban J connectivity index is 1.71. The molecule has 3 heterocycles. The van der Waals surface area contributed by atoms with Crippen LogP contribution in [0.3, 0.4) is 0 Å². The van der Waals surface area contributed by atoms with Crippen LogP contribution in [0.1, 0.15) is 22.5 Å². The lowest BCUT2D eigenvalue weighted by Gasteiger charge is -2.35. The predicted molar refractivity (Wildman–Crippen MR) is 87.3 cm³/mol. The van der Waals surface area contributed by atoms with Gasteiger partial charge in [-0.3, -0.25) is 14.7 Å². The number of likely N-dealkylation sites (N-methyl/N-ethyl adjacent to an activating group) is 1. The van der Waals surface area contributed by atoms with Crippen molar-refractivity contribution in [1.82, 2.24) is 19.7 Å². The minimum Gasteiger partial charge on any atom is -0.328 e. The number of hydrogen-bond donors (Lipinski definition) is 0. The summed E-state index contributed by atoms with van der Waals surface area (Å²) in [5.74, 6) is -3.16. The van der Waals surface area contributed by atoms with Gasteiger partial charge >= 0.3 is 0 Å². The number of carbonyl (C=O) groups excluding carboxylic acids is 1. The van der Waals surface area contributed by atoms with Crippen molar-refractivity contribution in [2.24, 2.45) is 0 Å². The molecule has 2 aliphatic heterocycles. The van der Waals surface area contributed by atoms with E-state index in [9.17, 15) is 13.6 Å². The third-order valence-corrected chi connectivity index (χ3v) is 4.86. The summed E-state index contributed by atoms with van der Waals surface area (Å²) in [6, 6.07) is 2.95. The number of alkyl halides is 2. The number of aromatic nitrogens is 1. The normalized spacial score (nSPS) is 25.2. The lowest BCUT2D eigenvalue weighted by Crippen LogP contribution is -2.50. The molecule has 0 radical (unpaired) electrons. The molecule has 0 spiro atoms. The fraction of sp³-hybridized carbons (Fsp3) is 0.647. The second kappa shape index (κ2) is 6.72. The van der Waals surface area contributed by atoms with E-state index in [0.717, 1.165) is 31.9 Å². The molecule has 0 saturated carbocycles. The molecule has 1 aromatic rings. The topological polar surface area (TPSA) is 39.7 Å². The van der Waals surface area contributed by atoms with Gasteiger partial charge in [0, 0.05) is 51.0 Å². The van der Waals surface area contributed by atoms with Gasteiger partial charge in [-0.25, -0.2) is 8.78 Å². The maximum absolute atomic E-state index is 14.0. The van der Waals surface area contributed by atoms with Crippen LogP contribution in [0.25, 0.3) is 0 Å². The van der Waals surface area contributed by atoms with E-state index in [1.165, 1.54) is 11.1 Å². The zero-order valence-electron chi connectivity index (χ0n) is 14.2. The Kier molecular flexibility index (Phi) is 4.83. The second-order valence-corrected chi connectivity index (χ2v) is 6.94. The summed E-state index contributed by atoms with van der Waals surface area (Å²) in [4.78, 5) is 22.5. The summed E-state index contributed by atoms with van der Waals surface area (Å²) in [5, 5.41) is 0. The van der Waals surface area contributed by atoms with Gasteiger partial charge in [-0.15, -0.1) is 0 Å². The van der Waals surface area contributed by atoms with Crippen molar-refractivity contribution in [1.29, 1.82) is 0 Å². The number of hydrogen-bond acceptors (Lipinski definition) is 4. The molecule has 0 unspecified atom stereocenters. The van der Waals surface area contributed by atoms with Crippen molar-refractivity contribution < 1.29 is 13.6 Å². The number of carbonyl (C=O) groups is 1. The Morgan fingerprint density at radius 3 is 2.62 bits per heavy atom. The quantitative estimate of drug-likeness (QED) is 0.837. The van der Waals surface area contributed by atoms with E-state index in [1.807, 2.05) is 6.92 Å². The Morgan fingerprint density at radius 2 is 2.00 bits per heavy atom. The highest BCUT2D eigenvalue weighted by molar-refractivity contribution is 5.94. The number of aryl methyl sites for hydroxylation is 1.